The predicted molar refractivity (Wildman–Crippen MR) is 49.6 cm³/mol. The molecule has 1 N–H and O–H groups in total. The predicted octanol–water partition coefficient (Wildman–Crippen LogP) is 2.28. The average Bonchev–Trinajstić information content (AvgIpc) is 2.59. The minimum atomic E-state index is 0.823. The highest BCUT2D eigenvalue weighted by atomic mass is 32.1. The largest absolute Gasteiger partial charge is 0.324 e. The lowest BCUT2D eigenvalue weighted by Crippen LogP contribution is -1.91. The normalized spacial score (nSPS) is 9.67. The Balaban J connectivity index is 2.15. The van der Waals surface area contributed by atoms with Crippen molar-refractivity contribution >= 4 is 23.0 Å². The van der Waals surface area contributed by atoms with Gasteiger partial charge in [0.25, 0.3) is 0 Å². The van der Waals surface area contributed by atoms with Gasteiger partial charge in [0.2, 0.25) is 0 Å². The van der Waals surface area contributed by atoms with Crippen LogP contribution in [0, 0.1) is 0 Å². The first-order chi connectivity index (χ1) is 5.95. The van der Waals surface area contributed by atoms with Crippen LogP contribution in [0.1, 0.15) is 0 Å². The molecule has 0 aliphatic carbocycles. The summed E-state index contributed by atoms with van der Waals surface area (Å²) >= 11 is 1.56. The van der Waals surface area contributed by atoms with Crippen molar-refractivity contribution in [3.05, 3.63) is 35.3 Å². The molecule has 0 aliphatic heterocycles. The molecule has 4 heteroatoms. The van der Waals surface area contributed by atoms with Crippen LogP contribution >= 0.6 is 11.3 Å². The van der Waals surface area contributed by atoms with Crippen LogP contribution in [0.3, 0.4) is 0 Å². The molecule has 2 heterocycles. The molecule has 2 aromatic heterocycles. The van der Waals surface area contributed by atoms with E-state index >= 15 is 0 Å². The van der Waals surface area contributed by atoms with Crippen molar-refractivity contribution in [2.75, 3.05) is 5.32 Å². The first kappa shape index (κ1) is 7.24. The third kappa shape index (κ3) is 1.60. The van der Waals surface area contributed by atoms with E-state index in [4.69, 9.17) is 0 Å². The molecule has 3 nitrogen and oxygen atoms in total. The molecule has 0 unspecified atom stereocenters. The van der Waals surface area contributed by atoms with Gasteiger partial charge in [-0.3, -0.25) is 0 Å². The van der Waals surface area contributed by atoms with E-state index in [2.05, 4.69) is 15.3 Å². The smallest absolute Gasteiger partial charge is 0.142 e. The summed E-state index contributed by atoms with van der Waals surface area (Å²) in [5.41, 5.74) is 1.78. The Bertz CT molecular complexity index is 330. The van der Waals surface area contributed by atoms with Crippen LogP contribution in [0.5, 0.6) is 0 Å². The monoisotopic (exact) mass is 177 g/mol. The van der Waals surface area contributed by atoms with Gasteiger partial charge in [-0.1, -0.05) is 6.07 Å². The maximum atomic E-state index is 4.11. The van der Waals surface area contributed by atoms with Gasteiger partial charge >= 0.3 is 0 Å². The molecule has 2 aromatic rings. The van der Waals surface area contributed by atoms with Gasteiger partial charge in [-0.15, -0.1) is 11.3 Å². The fraction of sp³-hybridized carbons (Fsp3) is 0. The number of hydrogen-bond donors (Lipinski definition) is 1. The van der Waals surface area contributed by atoms with Gasteiger partial charge in [-0.25, -0.2) is 9.97 Å². The number of thiazole rings is 1. The van der Waals surface area contributed by atoms with Crippen LogP contribution in [0.4, 0.5) is 11.6 Å². The van der Waals surface area contributed by atoms with Crippen LogP contribution in [0.25, 0.3) is 0 Å². The Morgan fingerprint density at radius 1 is 1.17 bits per heavy atom. The second-order valence-electron chi connectivity index (χ2n) is 2.21. The second kappa shape index (κ2) is 3.32. The summed E-state index contributed by atoms with van der Waals surface area (Å²) in [5.74, 6) is 1.67. The Hall–Kier alpha value is -1.42. The van der Waals surface area contributed by atoms with Crippen molar-refractivity contribution in [2.24, 2.45) is 0 Å². The molecule has 0 bridgehead atoms. The van der Waals surface area contributed by atoms with E-state index in [1.165, 1.54) is 0 Å². The van der Waals surface area contributed by atoms with Crippen molar-refractivity contribution < 1.29 is 0 Å². The number of nitrogens with zero attached hydrogens (tertiary/aromatic N) is 2. The topological polar surface area (TPSA) is 37.8 Å². The molecule has 0 aromatic carbocycles. The summed E-state index contributed by atoms with van der Waals surface area (Å²) in [6.45, 7) is 0. The van der Waals surface area contributed by atoms with Gasteiger partial charge in [-0.05, 0) is 12.1 Å². The van der Waals surface area contributed by atoms with E-state index < -0.39 is 0 Å². The molecule has 12 heavy (non-hydrogen) atoms. The number of hydrogen-bond acceptors (Lipinski definition) is 4. The summed E-state index contributed by atoms with van der Waals surface area (Å²) in [7, 11) is 0. The van der Waals surface area contributed by atoms with Crippen molar-refractivity contribution in [1.82, 2.24) is 9.97 Å². The third-order valence-corrected chi connectivity index (χ3v) is 1.94. The first-order valence-electron chi connectivity index (χ1n) is 3.51. The fourth-order valence-electron chi connectivity index (χ4n) is 0.842. The van der Waals surface area contributed by atoms with Crippen molar-refractivity contribution in [3.63, 3.8) is 0 Å². The van der Waals surface area contributed by atoms with Gasteiger partial charge in [0, 0.05) is 11.6 Å². The third-order valence-electron chi connectivity index (χ3n) is 1.35. The molecule has 0 atom stereocenters. The molecule has 0 radical (unpaired) electrons. The second-order valence-corrected chi connectivity index (χ2v) is 2.93. The Labute approximate surface area is 74.1 Å². The molecule has 0 saturated carbocycles. The lowest BCUT2D eigenvalue weighted by atomic mass is 10.4. The molecule has 0 saturated heterocycles. The van der Waals surface area contributed by atoms with Gasteiger partial charge in [0.1, 0.15) is 11.6 Å². The molecular weight excluding hydrogens is 170 g/mol. The highest BCUT2D eigenvalue weighted by Crippen LogP contribution is 2.12. The molecule has 0 amide bonds. The van der Waals surface area contributed by atoms with Crippen LogP contribution < -0.4 is 5.32 Å². The zero-order chi connectivity index (χ0) is 8.23. The zero-order valence-corrected chi connectivity index (χ0v) is 7.08. The highest BCUT2D eigenvalue weighted by Gasteiger charge is 1.94. The quantitative estimate of drug-likeness (QED) is 0.764. The summed E-state index contributed by atoms with van der Waals surface area (Å²) in [5, 5.41) is 5.01. The summed E-state index contributed by atoms with van der Waals surface area (Å²) in [4.78, 5) is 8.19. The van der Waals surface area contributed by atoms with Gasteiger partial charge in [-0.2, -0.15) is 0 Å². The van der Waals surface area contributed by atoms with Crippen LogP contribution in [0.2, 0.25) is 0 Å². The SMILES string of the molecule is c1ccc(Nc2cscn2)nc1. The van der Waals surface area contributed by atoms with Crippen LogP contribution in [-0.4, -0.2) is 9.97 Å². The van der Waals surface area contributed by atoms with Crippen molar-refractivity contribution in [3.8, 4) is 0 Å². The van der Waals surface area contributed by atoms with Gasteiger partial charge in [0.15, 0.2) is 0 Å². The van der Waals surface area contributed by atoms with E-state index in [0.717, 1.165) is 11.6 Å². The van der Waals surface area contributed by atoms with Crippen LogP contribution in [0.15, 0.2) is 35.3 Å². The summed E-state index contributed by atoms with van der Waals surface area (Å²) in [6, 6.07) is 5.72. The van der Waals surface area contributed by atoms with Crippen molar-refractivity contribution in [1.29, 1.82) is 0 Å². The zero-order valence-electron chi connectivity index (χ0n) is 6.27. The average molecular weight is 177 g/mol. The minimum absolute atomic E-state index is 0.823. The Morgan fingerprint density at radius 3 is 2.83 bits per heavy atom. The van der Waals surface area contributed by atoms with E-state index in [-0.39, 0.29) is 0 Å². The summed E-state index contributed by atoms with van der Waals surface area (Å²) < 4.78 is 0. The molecule has 2 rings (SSSR count). The minimum Gasteiger partial charge on any atom is -0.324 e. The number of pyridine rings is 1. The Kier molecular flexibility index (Phi) is 2.00. The van der Waals surface area contributed by atoms with E-state index in [1.54, 1.807) is 23.0 Å². The van der Waals surface area contributed by atoms with Crippen LogP contribution in [-0.2, 0) is 0 Å². The van der Waals surface area contributed by atoms with E-state index in [1.807, 2.05) is 23.6 Å². The van der Waals surface area contributed by atoms with E-state index in [0.29, 0.717) is 0 Å². The fourth-order valence-corrected chi connectivity index (χ4v) is 1.33. The standard InChI is InChI=1S/C8H7N3S/c1-2-4-9-7(3-1)11-8-5-12-6-10-8/h1-6H,(H,9,11). The maximum Gasteiger partial charge on any atom is 0.142 e. The molecular formula is C8H7N3S. The molecule has 0 spiro atoms. The molecule has 60 valence electrons. The number of rotatable bonds is 2. The Morgan fingerprint density at radius 2 is 2.17 bits per heavy atom. The number of nitrogens with one attached hydrogen (secondary N) is 1. The number of anilines is 2. The lowest BCUT2D eigenvalue weighted by molar-refractivity contribution is 1.28. The summed E-state index contributed by atoms with van der Waals surface area (Å²) in [6.07, 6.45) is 1.74. The van der Waals surface area contributed by atoms with Crippen molar-refractivity contribution in [2.45, 2.75) is 0 Å². The first-order valence-corrected chi connectivity index (χ1v) is 4.46. The highest BCUT2D eigenvalue weighted by molar-refractivity contribution is 7.07. The molecule has 0 fully saturated rings. The maximum absolute atomic E-state index is 4.11. The lowest BCUT2D eigenvalue weighted by Gasteiger charge is -1.98. The molecule has 0 aliphatic rings. The number of aromatic nitrogens is 2. The van der Waals surface area contributed by atoms with Gasteiger partial charge < -0.3 is 5.32 Å². The van der Waals surface area contributed by atoms with Gasteiger partial charge in [0.05, 0.1) is 5.51 Å². The van der Waals surface area contributed by atoms with E-state index in [9.17, 15) is 0 Å².